The second-order valence-electron chi connectivity index (χ2n) is 5.65. The molecule has 2 aromatic rings. The summed E-state index contributed by atoms with van der Waals surface area (Å²) in [5.74, 6) is -2.95. The van der Waals surface area contributed by atoms with Gasteiger partial charge in [0.15, 0.2) is 10.8 Å². The Kier molecular flexibility index (Phi) is 4.47. The van der Waals surface area contributed by atoms with E-state index in [1.54, 1.807) is 0 Å². The third-order valence-corrected chi connectivity index (χ3v) is 4.57. The molecule has 3 N–H and O–H groups in total. The largest absolute Gasteiger partial charge is 0.443 e. The highest BCUT2D eigenvalue weighted by Gasteiger charge is 2.36. The van der Waals surface area contributed by atoms with E-state index in [-0.39, 0.29) is 55.1 Å². The summed E-state index contributed by atoms with van der Waals surface area (Å²) in [6.07, 6.45) is -4.61. The topological polar surface area (TPSA) is 89.6 Å². The summed E-state index contributed by atoms with van der Waals surface area (Å²) in [4.78, 5) is 15.1. The molecule has 2 heterocycles. The molecule has 0 aromatic carbocycles. The molecule has 3 rings (SSSR count). The zero-order valence-electron chi connectivity index (χ0n) is 12.6. The van der Waals surface area contributed by atoms with Crippen LogP contribution in [0, 0.1) is 0 Å². The number of hydrogen-bond acceptors (Lipinski definition) is 7. The monoisotopic (exact) mass is 380 g/mol. The van der Waals surface area contributed by atoms with Gasteiger partial charge < -0.3 is 11.1 Å². The highest BCUT2D eigenvalue weighted by Crippen LogP contribution is 2.35. The van der Waals surface area contributed by atoms with Crippen LogP contribution in [0.2, 0.25) is 0 Å². The molecule has 0 aliphatic heterocycles. The molecule has 0 atom stereocenters. The van der Waals surface area contributed by atoms with E-state index >= 15 is 0 Å². The Morgan fingerprint density at radius 3 is 2.40 bits per heavy atom. The average molecular weight is 380 g/mol. The van der Waals surface area contributed by atoms with E-state index in [1.807, 2.05) is 0 Å². The standard InChI is InChI=1S/C13H13F5N6S/c14-12(15)3-1-6(2-4-12)20-11-23-8(22-10(19)24-11)7-5-25-9(21-7)13(16,17)18/h5-6H,1-4H2,(H3,19,20,22,23,24). The Hall–Kier alpha value is -2.11. The zero-order valence-corrected chi connectivity index (χ0v) is 13.5. The van der Waals surface area contributed by atoms with Crippen molar-refractivity contribution in [2.75, 3.05) is 11.1 Å². The van der Waals surface area contributed by atoms with Crippen molar-refractivity contribution in [2.24, 2.45) is 0 Å². The van der Waals surface area contributed by atoms with E-state index in [2.05, 4.69) is 25.3 Å². The fourth-order valence-corrected chi connectivity index (χ4v) is 3.11. The molecule has 0 unspecified atom stereocenters. The van der Waals surface area contributed by atoms with Crippen molar-refractivity contribution in [3.63, 3.8) is 0 Å². The third kappa shape index (κ3) is 4.30. The molecule has 1 aliphatic rings. The Labute approximate surface area is 142 Å². The van der Waals surface area contributed by atoms with Crippen LogP contribution >= 0.6 is 11.3 Å². The fourth-order valence-electron chi connectivity index (χ4n) is 2.45. The van der Waals surface area contributed by atoms with Crippen LogP contribution in [0.3, 0.4) is 0 Å². The summed E-state index contributed by atoms with van der Waals surface area (Å²) in [6.45, 7) is 0. The van der Waals surface area contributed by atoms with E-state index in [1.165, 1.54) is 5.38 Å². The van der Waals surface area contributed by atoms with Gasteiger partial charge in [-0.05, 0) is 12.8 Å². The predicted octanol–water partition coefficient (Wildman–Crippen LogP) is 3.59. The number of hydrogen-bond donors (Lipinski definition) is 2. The number of halogens is 5. The molecule has 1 saturated carbocycles. The first-order valence-corrected chi connectivity index (χ1v) is 8.19. The summed E-state index contributed by atoms with van der Waals surface area (Å²) in [7, 11) is 0. The summed E-state index contributed by atoms with van der Waals surface area (Å²) < 4.78 is 64.3. The van der Waals surface area contributed by atoms with Gasteiger partial charge in [-0.25, -0.2) is 13.8 Å². The molecule has 1 fully saturated rings. The van der Waals surface area contributed by atoms with Crippen molar-refractivity contribution in [3.8, 4) is 11.5 Å². The van der Waals surface area contributed by atoms with Crippen LogP contribution in [0.5, 0.6) is 0 Å². The Morgan fingerprint density at radius 2 is 1.80 bits per heavy atom. The number of nitrogens with zero attached hydrogens (tertiary/aromatic N) is 4. The molecule has 2 aromatic heterocycles. The maximum atomic E-state index is 13.2. The van der Waals surface area contributed by atoms with Crippen LogP contribution in [0.4, 0.5) is 33.8 Å². The summed E-state index contributed by atoms with van der Waals surface area (Å²) >= 11 is 0.417. The predicted molar refractivity (Wildman–Crippen MR) is 81.2 cm³/mol. The first kappa shape index (κ1) is 17.7. The Bertz CT molecular complexity index is 752. The van der Waals surface area contributed by atoms with Gasteiger partial charge in [-0.3, -0.25) is 0 Å². The number of nitrogens with one attached hydrogen (secondary N) is 1. The van der Waals surface area contributed by atoms with Crippen LogP contribution in [-0.4, -0.2) is 31.9 Å². The van der Waals surface area contributed by atoms with Crippen LogP contribution in [-0.2, 0) is 6.18 Å². The molecule has 12 heteroatoms. The van der Waals surface area contributed by atoms with Gasteiger partial charge in [-0.15, -0.1) is 11.3 Å². The summed E-state index contributed by atoms with van der Waals surface area (Å²) in [5.41, 5.74) is 5.49. The molecule has 0 spiro atoms. The first-order chi connectivity index (χ1) is 11.6. The molecule has 0 bridgehead atoms. The molecule has 0 saturated heterocycles. The van der Waals surface area contributed by atoms with Gasteiger partial charge in [0.1, 0.15) is 5.69 Å². The molecule has 1 aliphatic carbocycles. The van der Waals surface area contributed by atoms with Crippen molar-refractivity contribution in [3.05, 3.63) is 10.4 Å². The van der Waals surface area contributed by atoms with Gasteiger partial charge in [0, 0.05) is 24.3 Å². The third-order valence-electron chi connectivity index (χ3n) is 3.68. The lowest BCUT2D eigenvalue weighted by Gasteiger charge is -2.28. The highest BCUT2D eigenvalue weighted by atomic mass is 32.1. The molecule has 6 nitrogen and oxygen atoms in total. The maximum absolute atomic E-state index is 13.2. The molecule has 0 radical (unpaired) electrons. The number of aromatic nitrogens is 4. The maximum Gasteiger partial charge on any atom is 0.443 e. The van der Waals surface area contributed by atoms with Crippen LogP contribution < -0.4 is 11.1 Å². The normalized spacial score (nSPS) is 18.3. The summed E-state index contributed by atoms with van der Waals surface area (Å²) in [6, 6.07) is -0.268. The second-order valence-corrected chi connectivity index (χ2v) is 6.51. The number of anilines is 2. The van der Waals surface area contributed by atoms with Crippen molar-refractivity contribution < 1.29 is 22.0 Å². The van der Waals surface area contributed by atoms with Gasteiger partial charge in [0.05, 0.1) is 0 Å². The average Bonchev–Trinajstić information content (AvgIpc) is 2.99. The molecular formula is C13H13F5N6S. The Balaban J connectivity index is 1.78. The fraction of sp³-hybridized carbons (Fsp3) is 0.538. The zero-order chi connectivity index (χ0) is 18.2. The number of alkyl halides is 5. The number of rotatable bonds is 3. The molecular weight excluding hydrogens is 367 g/mol. The molecule has 25 heavy (non-hydrogen) atoms. The van der Waals surface area contributed by atoms with Gasteiger partial charge in [-0.1, -0.05) is 0 Å². The van der Waals surface area contributed by atoms with Gasteiger partial charge in [0.2, 0.25) is 17.8 Å². The van der Waals surface area contributed by atoms with Gasteiger partial charge >= 0.3 is 6.18 Å². The van der Waals surface area contributed by atoms with Crippen LogP contribution in [0.15, 0.2) is 5.38 Å². The van der Waals surface area contributed by atoms with Crippen LogP contribution in [0.1, 0.15) is 30.7 Å². The first-order valence-electron chi connectivity index (χ1n) is 7.31. The number of nitrogen functional groups attached to an aromatic ring is 1. The van der Waals surface area contributed by atoms with E-state index in [4.69, 9.17) is 5.73 Å². The lowest BCUT2D eigenvalue weighted by molar-refractivity contribution is -0.137. The molecule has 136 valence electrons. The minimum absolute atomic E-state index is 0.0271. The van der Waals surface area contributed by atoms with E-state index in [0.717, 1.165) is 0 Å². The minimum Gasteiger partial charge on any atom is -0.368 e. The van der Waals surface area contributed by atoms with Gasteiger partial charge in [-0.2, -0.15) is 28.1 Å². The highest BCUT2D eigenvalue weighted by molar-refractivity contribution is 7.10. The number of thiazole rings is 1. The van der Waals surface area contributed by atoms with E-state index < -0.39 is 17.1 Å². The van der Waals surface area contributed by atoms with E-state index in [9.17, 15) is 22.0 Å². The smallest absolute Gasteiger partial charge is 0.368 e. The van der Waals surface area contributed by atoms with Crippen molar-refractivity contribution in [1.29, 1.82) is 0 Å². The quantitative estimate of drug-likeness (QED) is 0.791. The second kappa shape index (κ2) is 6.32. The van der Waals surface area contributed by atoms with Crippen LogP contribution in [0.25, 0.3) is 11.5 Å². The van der Waals surface area contributed by atoms with Crippen molar-refractivity contribution in [2.45, 2.75) is 43.8 Å². The summed E-state index contributed by atoms with van der Waals surface area (Å²) in [5, 5.41) is 3.03. The lowest BCUT2D eigenvalue weighted by atomic mass is 9.92. The Morgan fingerprint density at radius 1 is 1.12 bits per heavy atom. The SMILES string of the molecule is Nc1nc(NC2CCC(F)(F)CC2)nc(-c2csc(C(F)(F)F)n2)n1. The van der Waals surface area contributed by atoms with Gasteiger partial charge in [0.25, 0.3) is 0 Å². The minimum atomic E-state index is -4.56. The number of nitrogens with two attached hydrogens (primary N) is 1. The lowest BCUT2D eigenvalue weighted by Crippen LogP contribution is -2.32. The van der Waals surface area contributed by atoms with Crippen molar-refractivity contribution >= 4 is 23.2 Å². The molecule has 0 amide bonds. The van der Waals surface area contributed by atoms with E-state index in [0.29, 0.717) is 11.3 Å². The van der Waals surface area contributed by atoms with Crippen molar-refractivity contribution in [1.82, 2.24) is 19.9 Å².